The smallest absolute Gasteiger partial charge is 0.135 e. The van der Waals surface area contributed by atoms with Gasteiger partial charge in [0.1, 0.15) is 11.2 Å². The molecule has 344 valence electrons. The number of hydrogen-bond donors (Lipinski definition) is 0. The zero-order valence-corrected chi connectivity index (χ0v) is 40.2. The van der Waals surface area contributed by atoms with Crippen molar-refractivity contribution in [1.29, 1.82) is 0 Å². The van der Waals surface area contributed by atoms with Crippen LogP contribution in [-0.2, 0) is 5.41 Å². The van der Waals surface area contributed by atoms with Crippen molar-refractivity contribution in [2.75, 3.05) is 4.90 Å². The quantitative estimate of drug-likeness (QED) is 0.166. The molecule has 2 aromatic heterocycles. The van der Waals surface area contributed by atoms with E-state index in [1.807, 2.05) is 6.07 Å². The zero-order chi connectivity index (χ0) is 48.5. The van der Waals surface area contributed by atoms with Crippen molar-refractivity contribution in [2.45, 2.75) is 5.41 Å². The van der Waals surface area contributed by atoms with E-state index in [9.17, 15) is 0 Å². The number of hydrogen-bond acceptors (Lipinski definition) is 2. The number of rotatable bonds is 6. The molecule has 1 unspecified atom stereocenters. The molecule has 1 spiro atoms. The van der Waals surface area contributed by atoms with Crippen LogP contribution in [0, 0.1) is 0 Å². The molecule has 0 amide bonds. The van der Waals surface area contributed by atoms with E-state index in [-0.39, 0.29) is 0 Å². The second-order valence-corrected chi connectivity index (χ2v) is 19.8. The monoisotopic (exact) mass is 940 g/mol. The number of para-hydroxylation sites is 6. The molecule has 12 aromatic carbocycles. The fourth-order valence-electron chi connectivity index (χ4n) is 13.3. The fraction of sp³-hybridized carbons (Fsp3) is 0.0141. The molecule has 0 radical (unpaired) electrons. The van der Waals surface area contributed by atoms with Gasteiger partial charge in [-0.15, -0.1) is 0 Å². The summed E-state index contributed by atoms with van der Waals surface area (Å²) in [5, 5.41) is 7.20. The van der Waals surface area contributed by atoms with Crippen LogP contribution in [0.15, 0.2) is 271 Å². The zero-order valence-electron chi connectivity index (χ0n) is 40.2. The summed E-state index contributed by atoms with van der Waals surface area (Å²) in [7, 11) is 0. The SMILES string of the molecule is c1ccc(-c2cccc3ccccc23)c(-c2ccccc2N(c2ccccc2-c2ccc3oc4ccccc4c3c2)c2cccc3c2-c2ccccc2C32c3ccccc3-n3c4ccccc4c4cccc2c43)c1. The molecule has 1 aliphatic carbocycles. The Kier molecular flexibility index (Phi) is 8.66. The Morgan fingerprint density at radius 2 is 0.865 bits per heavy atom. The highest BCUT2D eigenvalue weighted by atomic mass is 16.3. The first kappa shape index (κ1) is 41.0. The van der Waals surface area contributed by atoms with Gasteiger partial charge in [-0.25, -0.2) is 0 Å². The van der Waals surface area contributed by atoms with Crippen LogP contribution in [0.1, 0.15) is 22.3 Å². The maximum Gasteiger partial charge on any atom is 0.135 e. The lowest BCUT2D eigenvalue weighted by molar-refractivity contribution is 0.669. The summed E-state index contributed by atoms with van der Waals surface area (Å²) >= 11 is 0. The van der Waals surface area contributed by atoms with Crippen LogP contribution in [0.3, 0.4) is 0 Å². The number of aromatic nitrogens is 1. The number of anilines is 3. The van der Waals surface area contributed by atoms with Gasteiger partial charge in [0.25, 0.3) is 0 Å². The highest BCUT2D eigenvalue weighted by Gasteiger charge is 2.51. The van der Waals surface area contributed by atoms with E-state index in [2.05, 4.69) is 270 Å². The molecule has 16 rings (SSSR count). The average molecular weight is 941 g/mol. The summed E-state index contributed by atoms with van der Waals surface area (Å²) in [6.45, 7) is 0. The van der Waals surface area contributed by atoms with Crippen LogP contribution in [0.25, 0.3) is 105 Å². The standard InChI is InChI=1S/C71H44N2O/c1-2-22-47-45(20-1)21-17-30-49(47)50-24-3-4-25-51(50)52-26-7-13-37-63(52)72(62-36-12-6-23-48(62)46-42-43-68-57(44-46)54-28-9-16-41-67(54)74-68)66-40-19-34-60-69(66)56-29-5-10-32-58(56)71(60)59-33-11-15-39-65(59)73-64-38-14-8-27-53(64)55-31-18-35-61(71)70(55)73/h1-44H. The molecule has 74 heavy (non-hydrogen) atoms. The normalized spacial score (nSPS) is 14.3. The summed E-state index contributed by atoms with van der Waals surface area (Å²) in [6.07, 6.45) is 0. The van der Waals surface area contributed by atoms with E-state index in [0.717, 1.165) is 55.7 Å². The van der Waals surface area contributed by atoms with Crippen LogP contribution in [0.4, 0.5) is 17.1 Å². The molecular formula is C71H44N2O. The second-order valence-electron chi connectivity index (χ2n) is 19.8. The Labute approximate surface area is 428 Å². The molecule has 3 heterocycles. The van der Waals surface area contributed by atoms with Gasteiger partial charge in [-0.05, 0) is 109 Å². The third kappa shape index (κ3) is 5.55. The molecule has 0 N–H and O–H groups in total. The maximum absolute atomic E-state index is 6.41. The summed E-state index contributed by atoms with van der Waals surface area (Å²) in [6, 6.07) is 98.7. The van der Waals surface area contributed by atoms with E-state index in [0.29, 0.717) is 0 Å². The van der Waals surface area contributed by atoms with Gasteiger partial charge in [-0.1, -0.05) is 218 Å². The van der Waals surface area contributed by atoms with Gasteiger partial charge in [0.05, 0.1) is 39.2 Å². The topological polar surface area (TPSA) is 21.3 Å². The van der Waals surface area contributed by atoms with Gasteiger partial charge < -0.3 is 13.9 Å². The number of benzene rings is 12. The summed E-state index contributed by atoms with van der Waals surface area (Å²) < 4.78 is 8.94. The minimum Gasteiger partial charge on any atom is -0.456 e. The molecule has 14 aromatic rings. The Morgan fingerprint density at radius 3 is 1.73 bits per heavy atom. The summed E-state index contributed by atoms with van der Waals surface area (Å²) in [4.78, 5) is 2.57. The summed E-state index contributed by atoms with van der Waals surface area (Å²) in [5.41, 5.74) is 22.6. The largest absolute Gasteiger partial charge is 0.456 e. The minimum atomic E-state index is -0.624. The van der Waals surface area contributed by atoms with Gasteiger partial charge in [-0.3, -0.25) is 0 Å². The van der Waals surface area contributed by atoms with Crippen molar-refractivity contribution < 1.29 is 4.42 Å². The molecule has 0 bridgehead atoms. The Hall–Kier alpha value is -9.70. The highest BCUT2D eigenvalue weighted by molar-refractivity contribution is 6.14. The lowest BCUT2D eigenvalue weighted by atomic mass is 9.65. The van der Waals surface area contributed by atoms with Crippen LogP contribution < -0.4 is 4.90 Å². The third-order valence-corrected chi connectivity index (χ3v) is 16.2. The van der Waals surface area contributed by atoms with E-state index in [4.69, 9.17) is 4.42 Å². The molecule has 1 atom stereocenters. The molecule has 0 fully saturated rings. The van der Waals surface area contributed by atoms with E-state index >= 15 is 0 Å². The van der Waals surface area contributed by atoms with E-state index in [1.165, 1.54) is 88.3 Å². The number of nitrogens with zero attached hydrogens (tertiary/aromatic N) is 2. The lowest BCUT2D eigenvalue weighted by Crippen LogP contribution is -2.33. The number of fused-ring (bicyclic) bond motifs is 16. The molecule has 2 aliphatic rings. The Morgan fingerprint density at radius 1 is 0.324 bits per heavy atom. The maximum atomic E-state index is 6.41. The van der Waals surface area contributed by atoms with E-state index in [1.54, 1.807) is 0 Å². The Balaban J connectivity index is 1.01. The fourth-order valence-corrected chi connectivity index (χ4v) is 13.3. The Bertz CT molecular complexity index is 4640. The van der Waals surface area contributed by atoms with Crippen LogP contribution in [0.2, 0.25) is 0 Å². The molecular weight excluding hydrogens is 897 g/mol. The molecule has 3 heteroatoms. The van der Waals surface area contributed by atoms with Crippen molar-refractivity contribution in [2.24, 2.45) is 0 Å². The van der Waals surface area contributed by atoms with Crippen LogP contribution >= 0.6 is 0 Å². The summed E-state index contributed by atoms with van der Waals surface area (Å²) in [5.74, 6) is 0. The lowest BCUT2D eigenvalue weighted by Gasteiger charge is -2.39. The minimum absolute atomic E-state index is 0.624. The second kappa shape index (κ2) is 15.6. The predicted molar refractivity (Wildman–Crippen MR) is 307 cm³/mol. The van der Waals surface area contributed by atoms with Crippen molar-refractivity contribution >= 4 is 71.6 Å². The van der Waals surface area contributed by atoms with Gasteiger partial charge in [0.2, 0.25) is 0 Å². The average Bonchev–Trinajstić information content (AvgIpc) is 4.12. The van der Waals surface area contributed by atoms with Crippen LogP contribution in [-0.4, -0.2) is 4.57 Å². The van der Waals surface area contributed by atoms with Crippen molar-refractivity contribution in [3.05, 3.63) is 289 Å². The first-order chi connectivity index (χ1) is 36.8. The van der Waals surface area contributed by atoms with E-state index < -0.39 is 5.41 Å². The third-order valence-electron chi connectivity index (χ3n) is 16.2. The highest BCUT2D eigenvalue weighted by Crippen LogP contribution is 2.64. The molecule has 0 saturated carbocycles. The predicted octanol–water partition coefficient (Wildman–Crippen LogP) is 19.0. The first-order valence-electron chi connectivity index (χ1n) is 25.6. The van der Waals surface area contributed by atoms with Crippen molar-refractivity contribution in [3.63, 3.8) is 0 Å². The number of furan rings is 1. The molecule has 1 aliphatic heterocycles. The van der Waals surface area contributed by atoms with Gasteiger partial charge in [-0.2, -0.15) is 0 Å². The van der Waals surface area contributed by atoms with Gasteiger partial charge in [0, 0.05) is 38.2 Å². The van der Waals surface area contributed by atoms with Crippen LogP contribution in [0.5, 0.6) is 0 Å². The van der Waals surface area contributed by atoms with Crippen molar-refractivity contribution in [3.8, 4) is 50.2 Å². The van der Waals surface area contributed by atoms with Gasteiger partial charge >= 0.3 is 0 Å². The molecule has 3 nitrogen and oxygen atoms in total. The first-order valence-corrected chi connectivity index (χ1v) is 25.6. The van der Waals surface area contributed by atoms with Gasteiger partial charge in [0.15, 0.2) is 0 Å². The van der Waals surface area contributed by atoms with Crippen molar-refractivity contribution in [1.82, 2.24) is 4.57 Å². The molecule has 0 saturated heterocycles.